The number of carbonyl (C=O) groups is 1. The van der Waals surface area contributed by atoms with Crippen LogP contribution in [0.3, 0.4) is 0 Å². The molecule has 0 heterocycles. The van der Waals surface area contributed by atoms with Crippen LogP contribution in [0.1, 0.15) is 18.4 Å². The maximum Gasteiger partial charge on any atom is 0.303 e. The highest BCUT2D eigenvalue weighted by atomic mass is 16.5. The van der Waals surface area contributed by atoms with E-state index in [1.807, 2.05) is 6.07 Å². The van der Waals surface area contributed by atoms with E-state index in [1.165, 1.54) is 0 Å². The number of ether oxygens (including phenoxy) is 1. The fourth-order valence-corrected chi connectivity index (χ4v) is 1.36. The average Bonchev–Trinajstić information content (AvgIpc) is 2.20. The van der Waals surface area contributed by atoms with Crippen LogP contribution < -0.4 is 10.5 Å². The zero-order valence-electron chi connectivity index (χ0n) is 8.69. The van der Waals surface area contributed by atoms with Crippen LogP contribution in [-0.4, -0.2) is 18.2 Å². The maximum absolute atomic E-state index is 10.3. The summed E-state index contributed by atoms with van der Waals surface area (Å²) in [5.41, 5.74) is 7.38. The number of hydrogen-bond donors (Lipinski definition) is 2. The highest BCUT2D eigenvalue weighted by Gasteiger charge is 2.03. The highest BCUT2D eigenvalue weighted by Crippen LogP contribution is 2.21. The van der Waals surface area contributed by atoms with Crippen molar-refractivity contribution in [3.05, 3.63) is 23.8 Å². The van der Waals surface area contributed by atoms with Gasteiger partial charge in [0.05, 0.1) is 7.11 Å². The Bertz CT molecular complexity index is 350. The van der Waals surface area contributed by atoms with Gasteiger partial charge < -0.3 is 15.6 Å². The molecule has 0 unspecified atom stereocenters. The fraction of sp³-hybridized carbons (Fsp3) is 0.364. The molecule has 0 bridgehead atoms. The predicted molar refractivity (Wildman–Crippen MR) is 58.0 cm³/mol. The molecule has 0 spiro atoms. The van der Waals surface area contributed by atoms with Crippen LogP contribution in [0.25, 0.3) is 0 Å². The Balaban J connectivity index is 2.62. The van der Waals surface area contributed by atoms with E-state index in [-0.39, 0.29) is 6.42 Å². The first-order valence-electron chi connectivity index (χ1n) is 4.77. The Labute approximate surface area is 88.7 Å². The van der Waals surface area contributed by atoms with E-state index in [9.17, 15) is 4.79 Å². The van der Waals surface area contributed by atoms with Gasteiger partial charge in [-0.3, -0.25) is 4.79 Å². The van der Waals surface area contributed by atoms with Crippen molar-refractivity contribution in [2.24, 2.45) is 0 Å². The molecule has 4 nitrogen and oxygen atoms in total. The number of methoxy groups -OCH3 is 1. The minimum atomic E-state index is -0.781. The van der Waals surface area contributed by atoms with Crippen LogP contribution in [-0.2, 0) is 11.2 Å². The predicted octanol–water partition coefficient (Wildman–Crippen LogP) is 1.68. The molecular weight excluding hydrogens is 194 g/mol. The van der Waals surface area contributed by atoms with Gasteiger partial charge in [-0.15, -0.1) is 0 Å². The number of hydrogen-bond acceptors (Lipinski definition) is 3. The number of nitrogens with two attached hydrogens (primary N) is 1. The van der Waals surface area contributed by atoms with E-state index >= 15 is 0 Å². The zero-order valence-corrected chi connectivity index (χ0v) is 8.69. The maximum atomic E-state index is 10.3. The largest absolute Gasteiger partial charge is 0.497 e. The molecule has 1 rings (SSSR count). The lowest BCUT2D eigenvalue weighted by molar-refractivity contribution is -0.137. The molecule has 0 saturated carbocycles. The molecule has 0 saturated heterocycles. The molecule has 0 atom stereocenters. The van der Waals surface area contributed by atoms with Crippen LogP contribution in [0.4, 0.5) is 5.69 Å². The lowest BCUT2D eigenvalue weighted by Crippen LogP contribution is -1.99. The van der Waals surface area contributed by atoms with Crippen molar-refractivity contribution in [1.29, 1.82) is 0 Å². The van der Waals surface area contributed by atoms with E-state index in [4.69, 9.17) is 15.6 Å². The first kappa shape index (κ1) is 11.4. The fourth-order valence-electron chi connectivity index (χ4n) is 1.36. The number of nitrogen functional groups attached to an aromatic ring is 1. The van der Waals surface area contributed by atoms with Gasteiger partial charge in [-0.2, -0.15) is 0 Å². The van der Waals surface area contributed by atoms with Crippen molar-refractivity contribution in [3.8, 4) is 5.75 Å². The minimum Gasteiger partial charge on any atom is -0.497 e. The Hall–Kier alpha value is -1.71. The molecule has 1 aromatic carbocycles. The summed E-state index contributed by atoms with van der Waals surface area (Å²) in [5, 5.41) is 8.51. The van der Waals surface area contributed by atoms with Gasteiger partial charge in [-0.1, -0.05) is 0 Å². The van der Waals surface area contributed by atoms with E-state index < -0.39 is 5.97 Å². The second-order valence-corrected chi connectivity index (χ2v) is 3.31. The first-order chi connectivity index (χ1) is 7.13. The van der Waals surface area contributed by atoms with Crippen LogP contribution in [0.5, 0.6) is 5.75 Å². The third kappa shape index (κ3) is 3.50. The van der Waals surface area contributed by atoms with Crippen LogP contribution >= 0.6 is 0 Å². The first-order valence-corrected chi connectivity index (χ1v) is 4.77. The number of aliphatic carboxylic acids is 1. The van der Waals surface area contributed by atoms with Crippen molar-refractivity contribution < 1.29 is 14.6 Å². The number of benzene rings is 1. The van der Waals surface area contributed by atoms with Gasteiger partial charge in [0.2, 0.25) is 0 Å². The lowest BCUT2D eigenvalue weighted by Gasteiger charge is -2.07. The summed E-state index contributed by atoms with van der Waals surface area (Å²) in [6.07, 6.45) is 1.42. The molecule has 15 heavy (non-hydrogen) atoms. The minimum absolute atomic E-state index is 0.163. The summed E-state index contributed by atoms with van der Waals surface area (Å²) < 4.78 is 5.07. The van der Waals surface area contributed by atoms with Gasteiger partial charge in [0.25, 0.3) is 0 Å². The Morgan fingerprint density at radius 1 is 1.53 bits per heavy atom. The summed E-state index contributed by atoms with van der Waals surface area (Å²) >= 11 is 0. The third-order valence-corrected chi connectivity index (χ3v) is 2.19. The van der Waals surface area contributed by atoms with E-state index in [0.29, 0.717) is 18.5 Å². The van der Waals surface area contributed by atoms with Crippen LogP contribution in [0.15, 0.2) is 18.2 Å². The summed E-state index contributed by atoms with van der Waals surface area (Å²) in [5.74, 6) is -0.0361. The number of rotatable bonds is 5. The quantitative estimate of drug-likeness (QED) is 0.724. The second-order valence-electron chi connectivity index (χ2n) is 3.31. The SMILES string of the molecule is COc1ccc(N)c(CCCC(=O)O)c1. The number of carboxylic acids is 1. The van der Waals surface area contributed by atoms with Crippen LogP contribution in [0.2, 0.25) is 0 Å². The molecule has 82 valence electrons. The van der Waals surface area contributed by atoms with Gasteiger partial charge in [-0.05, 0) is 36.6 Å². The highest BCUT2D eigenvalue weighted by molar-refractivity contribution is 5.66. The molecule has 1 aromatic rings. The molecule has 0 aromatic heterocycles. The van der Waals surface area contributed by atoms with E-state index in [0.717, 1.165) is 11.3 Å². The molecule has 0 aliphatic rings. The van der Waals surface area contributed by atoms with Gasteiger partial charge >= 0.3 is 5.97 Å². The molecule has 0 fully saturated rings. The second kappa shape index (κ2) is 5.24. The van der Waals surface area contributed by atoms with E-state index in [2.05, 4.69) is 0 Å². The lowest BCUT2D eigenvalue weighted by atomic mass is 10.1. The van der Waals surface area contributed by atoms with Crippen molar-refractivity contribution in [1.82, 2.24) is 0 Å². The molecular formula is C11H15NO3. The average molecular weight is 209 g/mol. The zero-order chi connectivity index (χ0) is 11.3. The molecule has 3 N–H and O–H groups in total. The standard InChI is InChI=1S/C11H15NO3/c1-15-9-5-6-10(12)8(7-9)3-2-4-11(13)14/h5-7H,2-4,12H2,1H3,(H,13,14). The molecule has 0 amide bonds. The molecule has 0 radical (unpaired) electrons. The summed E-state index contributed by atoms with van der Waals surface area (Å²) in [7, 11) is 1.59. The topological polar surface area (TPSA) is 72.5 Å². The normalized spacial score (nSPS) is 9.93. The smallest absolute Gasteiger partial charge is 0.303 e. The molecule has 0 aliphatic heterocycles. The molecule has 4 heteroatoms. The Kier molecular flexibility index (Phi) is 3.97. The van der Waals surface area contributed by atoms with E-state index in [1.54, 1.807) is 19.2 Å². The Morgan fingerprint density at radius 2 is 2.27 bits per heavy atom. The monoisotopic (exact) mass is 209 g/mol. The molecule has 0 aliphatic carbocycles. The Morgan fingerprint density at radius 3 is 2.87 bits per heavy atom. The summed E-state index contributed by atoms with van der Waals surface area (Å²) in [6, 6.07) is 5.40. The van der Waals surface area contributed by atoms with Crippen molar-refractivity contribution in [2.45, 2.75) is 19.3 Å². The third-order valence-electron chi connectivity index (χ3n) is 2.19. The van der Waals surface area contributed by atoms with Crippen molar-refractivity contribution >= 4 is 11.7 Å². The van der Waals surface area contributed by atoms with Crippen LogP contribution in [0, 0.1) is 0 Å². The number of anilines is 1. The van der Waals surface area contributed by atoms with Gasteiger partial charge in [0.15, 0.2) is 0 Å². The van der Waals surface area contributed by atoms with Gasteiger partial charge in [0, 0.05) is 12.1 Å². The van der Waals surface area contributed by atoms with Gasteiger partial charge in [-0.25, -0.2) is 0 Å². The number of carboxylic acid groups (broad SMARTS) is 1. The van der Waals surface area contributed by atoms with Gasteiger partial charge in [0.1, 0.15) is 5.75 Å². The van der Waals surface area contributed by atoms with Crippen molar-refractivity contribution in [2.75, 3.05) is 12.8 Å². The summed E-state index contributed by atoms with van der Waals surface area (Å²) in [4.78, 5) is 10.3. The summed E-state index contributed by atoms with van der Waals surface area (Å²) in [6.45, 7) is 0. The van der Waals surface area contributed by atoms with Crippen molar-refractivity contribution in [3.63, 3.8) is 0 Å². The number of aryl methyl sites for hydroxylation is 1.